The molecule has 0 aliphatic rings. The molecule has 132 valence electrons. The summed E-state index contributed by atoms with van der Waals surface area (Å²) in [5.74, 6) is 0.631. The quantitative estimate of drug-likeness (QED) is 0.531. The Labute approximate surface area is 149 Å². The first kappa shape index (κ1) is 17.3. The summed E-state index contributed by atoms with van der Waals surface area (Å²) in [5, 5.41) is 4.28. The summed E-state index contributed by atoms with van der Waals surface area (Å²) in [5.41, 5.74) is 0.699. The molecular weight excluding hydrogens is 342 g/mol. The molecule has 6 nitrogen and oxygen atoms in total. The lowest BCUT2D eigenvalue weighted by molar-refractivity contribution is 0.0520. The molecule has 1 N–H and O–H groups in total. The van der Waals surface area contributed by atoms with Crippen molar-refractivity contribution in [1.29, 1.82) is 0 Å². The number of carbonyl (C=O) groups is 1. The van der Waals surface area contributed by atoms with E-state index >= 15 is 0 Å². The summed E-state index contributed by atoms with van der Waals surface area (Å²) in [4.78, 5) is 11.7. The van der Waals surface area contributed by atoms with Crippen LogP contribution in [0, 0.1) is 4.71 Å². The number of fused-ring (bicyclic) bond motifs is 2. The van der Waals surface area contributed by atoms with Crippen molar-refractivity contribution in [1.82, 2.24) is 5.32 Å². The lowest BCUT2D eigenvalue weighted by Gasteiger charge is -2.19. The number of hydrogen-bond acceptors (Lipinski definition) is 6. The average Bonchev–Trinajstić information content (AvgIpc) is 2.96. The van der Waals surface area contributed by atoms with Gasteiger partial charge >= 0.3 is 6.09 Å². The second kappa shape index (κ2) is 6.76. The van der Waals surface area contributed by atoms with Gasteiger partial charge in [-0.15, -0.1) is 0 Å². The number of ether oxygens (including phenoxy) is 2. The molecule has 25 heavy (non-hydrogen) atoms. The van der Waals surface area contributed by atoms with Gasteiger partial charge in [-0.2, -0.15) is 0 Å². The highest BCUT2D eigenvalue weighted by Gasteiger charge is 2.16. The zero-order chi connectivity index (χ0) is 18.0. The number of rotatable bonds is 4. The third-order valence-corrected chi connectivity index (χ3v) is 3.54. The van der Waals surface area contributed by atoms with Gasteiger partial charge in [-0.05, 0) is 51.2 Å². The number of nitrogens with one attached hydrogen (secondary N) is 1. The molecule has 3 aromatic rings. The van der Waals surface area contributed by atoms with Gasteiger partial charge in [0, 0.05) is 6.07 Å². The SMILES string of the molecule is CC(C)(C)OC(=O)NCCOc1c2ccoc2cc2oc(=S)ccc12. The van der Waals surface area contributed by atoms with Gasteiger partial charge in [0.25, 0.3) is 0 Å². The van der Waals surface area contributed by atoms with Crippen LogP contribution in [0.15, 0.2) is 39.4 Å². The third-order valence-electron chi connectivity index (χ3n) is 3.33. The molecule has 0 radical (unpaired) electrons. The Morgan fingerprint density at radius 3 is 2.72 bits per heavy atom. The van der Waals surface area contributed by atoms with Crippen molar-refractivity contribution in [2.24, 2.45) is 0 Å². The summed E-state index contributed by atoms with van der Waals surface area (Å²) in [6, 6.07) is 7.17. The number of amides is 1. The zero-order valence-corrected chi connectivity index (χ0v) is 15.1. The van der Waals surface area contributed by atoms with Crippen molar-refractivity contribution in [3.63, 3.8) is 0 Å². The van der Waals surface area contributed by atoms with E-state index in [9.17, 15) is 4.79 Å². The summed E-state index contributed by atoms with van der Waals surface area (Å²) in [6.07, 6.45) is 1.11. The number of alkyl carbamates (subject to hydrolysis) is 1. The fraction of sp³-hybridized carbons (Fsp3) is 0.333. The van der Waals surface area contributed by atoms with Gasteiger partial charge in [0.15, 0.2) is 4.71 Å². The smallest absolute Gasteiger partial charge is 0.407 e. The first-order valence-electron chi connectivity index (χ1n) is 7.87. The normalized spacial score (nSPS) is 11.6. The lowest BCUT2D eigenvalue weighted by Crippen LogP contribution is -2.34. The topological polar surface area (TPSA) is 73.8 Å². The molecule has 0 saturated carbocycles. The van der Waals surface area contributed by atoms with Gasteiger partial charge in [0.2, 0.25) is 0 Å². The van der Waals surface area contributed by atoms with Crippen LogP contribution in [0.2, 0.25) is 0 Å². The summed E-state index contributed by atoms with van der Waals surface area (Å²) < 4.78 is 22.5. The Morgan fingerprint density at radius 1 is 1.20 bits per heavy atom. The molecule has 0 saturated heterocycles. The summed E-state index contributed by atoms with van der Waals surface area (Å²) in [7, 11) is 0. The van der Waals surface area contributed by atoms with Gasteiger partial charge < -0.3 is 23.6 Å². The van der Waals surface area contributed by atoms with Crippen molar-refractivity contribution >= 4 is 40.2 Å². The van der Waals surface area contributed by atoms with Crippen LogP contribution in [0.4, 0.5) is 4.79 Å². The second-order valence-corrected chi connectivity index (χ2v) is 6.88. The third kappa shape index (κ3) is 4.11. The average molecular weight is 361 g/mol. The van der Waals surface area contributed by atoms with E-state index in [0.29, 0.717) is 28.2 Å². The Balaban J connectivity index is 1.75. The lowest BCUT2D eigenvalue weighted by atomic mass is 10.1. The molecule has 2 aromatic heterocycles. The molecule has 0 fully saturated rings. The minimum Gasteiger partial charge on any atom is -0.490 e. The van der Waals surface area contributed by atoms with E-state index in [1.165, 1.54) is 0 Å². The van der Waals surface area contributed by atoms with Crippen LogP contribution in [0.3, 0.4) is 0 Å². The Hall–Kier alpha value is -2.54. The monoisotopic (exact) mass is 361 g/mol. The van der Waals surface area contributed by atoms with Crippen LogP contribution in [-0.2, 0) is 4.74 Å². The first-order chi connectivity index (χ1) is 11.8. The predicted octanol–water partition coefficient (Wildman–Crippen LogP) is 4.81. The first-order valence-corrected chi connectivity index (χ1v) is 8.28. The van der Waals surface area contributed by atoms with Crippen molar-refractivity contribution in [3.05, 3.63) is 35.2 Å². The van der Waals surface area contributed by atoms with E-state index in [4.69, 9.17) is 30.5 Å². The maximum Gasteiger partial charge on any atom is 0.407 e. The Morgan fingerprint density at radius 2 is 1.96 bits per heavy atom. The fourth-order valence-corrected chi connectivity index (χ4v) is 2.54. The molecule has 1 aromatic carbocycles. The molecule has 0 spiro atoms. The molecular formula is C18H19NO5S. The minimum atomic E-state index is -0.535. The van der Waals surface area contributed by atoms with Crippen molar-refractivity contribution < 1.29 is 23.1 Å². The van der Waals surface area contributed by atoms with E-state index in [1.54, 1.807) is 18.4 Å². The van der Waals surface area contributed by atoms with Gasteiger partial charge in [-0.25, -0.2) is 4.79 Å². The number of benzene rings is 1. The highest BCUT2D eigenvalue weighted by Crippen LogP contribution is 2.35. The van der Waals surface area contributed by atoms with Gasteiger partial charge in [-0.1, -0.05) is 0 Å². The molecule has 0 unspecified atom stereocenters. The van der Waals surface area contributed by atoms with Crippen molar-refractivity contribution in [2.45, 2.75) is 26.4 Å². The molecule has 0 bridgehead atoms. The maximum absolute atomic E-state index is 11.7. The van der Waals surface area contributed by atoms with Crippen LogP contribution in [-0.4, -0.2) is 24.8 Å². The maximum atomic E-state index is 11.7. The summed E-state index contributed by atoms with van der Waals surface area (Å²) >= 11 is 5.06. The van der Waals surface area contributed by atoms with E-state index in [0.717, 1.165) is 10.8 Å². The van der Waals surface area contributed by atoms with Crippen LogP contribution >= 0.6 is 12.2 Å². The standard InChI is InChI=1S/C18H19NO5S/c1-18(2,3)24-17(20)19-7-9-22-16-11-4-5-15(25)23-14(11)10-13-12(16)6-8-21-13/h4-6,8,10H,7,9H2,1-3H3,(H,19,20). The fourth-order valence-electron chi connectivity index (χ4n) is 2.39. The molecule has 2 heterocycles. The van der Waals surface area contributed by atoms with E-state index in [1.807, 2.05) is 32.9 Å². The van der Waals surface area contributed by atoms with Crippen LogP contribution in [0.5, 0.6) is 5.75 Å². The molecule has 3 rings (SSSR count). The second-order valence-electron chi connectivity index (χ2n) is 6.48. The van der Waals surface area contributed by atoms with Crippen LogP contribution in [0.25, 0.3) is 21.9 Å². The van der Waals surface area contributed by atoms with Crippen LogP contribution < -0.4 is 10.1 Å². The number of hydrogen-bond donors (Lipinski definition) is 1. The van der Waals surface area contributed by atoms with E-state index in [-0.39, 0.29) is 6.61 Å². The van der Waals surface area contributed by atoms with E-state index < -0.39 is 11.7 Å². The Bertz CT molecular complexity index is 967. The van der Waals surface area contributed by atoms with E-state index in [2.05, 4.69) is 5.32 Å². The molecule has 1 amide bonds. The molecule has 0 atom stereocenters. The van der Waals surface area contributed by atoms with Gasteiger partial charge in [0.05, 0.1) is 23.6 Å². The van der Waals surface area contributed by atoms with Crippen LogP contribution in [0.1, 0.15) is 20.8 Å². The number of furan rings is 1. The molecule has 7 heteroatoms. The Kier molecular flexibility index (Phi) is 4.67. The highest BCUT2D eigenvalue weighted by molar-refractivity contribution is 7.71. The van der Waals surface area contributed by atoms with Crippen molar-refractivity contribution in [3.8, 4) is 5.75 Å². The van der Waals surface area contributed by atoms with Crippen molar-refractivity contribution in [2.75, 3.05) is 13.2 Å². The predicted molar refractivity (Wildman–Crippen MR) is 96.6 cm³/mol. The molecule has 0 aliphatic carbocycles. The van der Waals surface area contributed by atoms with Gasteiger partial charge in [-0.3, -0.25) is 0 Å². The molecule has 0 aliphatic heterocycles. The van der Waals surface area contributed by atoms with Gasteiger partial charge in [0.1, 0.15) is 29.1 Å². The zero-order valence-electron chi connectivity index (χ0n) is 14.3. The highest BCUT2D eigenvalue weighted by atomic mass is 32.1. The number of carbonyl (C=O) groups excluding carboxylic acids is 1. The largest absolute Gasteiger partial charge is 0.490 e. The minimum absolute atomic E-state index is 0.272. The summed E-state index contributed by atoms with van der Waals surface area (Å²) in [6.45, 7) is 6.01.